The molecular formula is C22H29ClN2O4. The van der Waals surface area contributed by atoms with Gasteiger partial charge in [0.05, 0.1) is 34.2 Å². The predicted molar refractivity (Wildman–Crippen MR) is 118 cm³/mol. The van der Waals surface area contributed by atoms with Crippen molar-refractivity contribution in [3.8, 4) is 23.0 Å². The maximum atomic E-state index is 5.56. The lowest BCUT2D eigenvalue weighted by atomic mass is 9.84. The second-order valence-electron chi connectivity index (χ2n) is 6.76. The molecule has 6 nitrogen and oxygen atoms in total. The minimum absolute atomic E-state index is 0. The normalized spacial score (nSPS) is 17.7. The summed E-state index contributed by atoms with van der Waals surface area (Å²) in [4.78, 5) is 0. The van der Waals surface area contributed by atoms with Crippen LogP contribution in [-0.2, 0) is 0 Å². The van der Waals surface area contributed by atoms with Crippen LogP contribution in [-0.4, -0.2) is 40.2 Å². The molecular weight excluding hydrogens is 392 g/mol. The highest BCUT2D eigenvalue weighted by atomic mass is 35.5. The number of benzene rings is 2. The number of methoxy groups -OCH3 is 4. The summed E-state index contributed by atoms with van der Waals surface area (Å²) in [6, 6.07) is 10.1. The van der Waals surface area contributed by atoms with Crippen LogP contribution in [0.15, 0.2) is 35.4 Å². The lowest BCUT2D eigenvalue weighted by molar-refractivity contribution is 0.353. The van der Waals surface area contributed by atoms with Crippen LogP contribution in [0, 0.1) is 0 Å². The Balaban J connectivity index is 0.00000300. The zero-order chi connectivity index (χ0) is 20.3. The Morgan fingerprint density at radius 2 is 1.45 bits per heavy atom. The van der Waals surface area contributed by atoms with Gasteiger partial charge in [-0.05, 0) is 49.2 Å². The number of hydrogen-bond acceptors (Lipinski definition) is 6. The molecule has 3 rings (SSSR count). The fourth-order valence-corrected chi connectivity index (χ4v) is 3.77. The molecule has 0 amide bonds. The summed E-state index contributed by atoms with van der Waals surface area (Å²) in [6.45, 7) is 4.33. The summed E-state index contributed by atoms with van der Waals surface area (Å²) in [5, 5.41) is 4.75. The smallest absolute Gasteiger partial charge is 0.161 e. The van der Waals surface area contributed by atoms with Crippen molar-refractivity contribution < 1.29 is 18.9 Å². The van der Waals surface area contributed by atoms with E-state index in [-0.39, 0.29) is 24.4 Å². The molecule has 2 aromatic carbocycles. The van der Waals surface area contributed by atoms with Crippen molar-refractivity contribution in [1.82, 2.24) is 5.43 Å². The molecule has 0 aromatic heterocycles. The van der Waals surface area contributed by atoms with E-state index >= 15 is 0 Å². The molecule has 0 spiro atoms. The molecule has 0 radical (unpaired) electrons. The second kappa shape index (κ2) is 9.74. The standard InChI is InChI=1S/C22H28N2O4.ClH/c1-7-15-13(2)23-24-22(14-8-9-18(25-3)19(10-14)26-4)17-12-21(28-6)20(27-5)11-16(15)17;/h8-13,15,23H,7H2,1-6H3;1H. The largest absolute Gasteiger partial charge is 0.493 e. The molecule has 158 valence electrons. The molecule has 0 saturated heterocycles. The monoisotopic (exact) mass is 420 g/mol. The molecule has 1 aliphatic heterocycles. The van der Waals surface area contributed by atoms with Crippen LogP contribution < -0.4 is 24.4 Å². The van der Waals surface area contributed by atoms with Gasteiger partial charge >= 0.3 is 0 Å². The van der Waals surface area contributed by atoms with Crippen LogP contribution >= 0.6 is 12.4 Å². The van der Waals surface area contributed by atoms with Gasteiger partial charge in [0, 0.05) is 23.1 Å². The van der Waals surface area contributed by atoms with Crippen LogP contribution in [0.2, 0.25) is 0 Å². The topological polar surface area (TPSA) is 61.3 Å². The van der Waals surface area contributed by atoms with Gasteiger partial charge in [-0.3, -0.25) is 0 Å². The Morgan fingerprint density at radius 3 is 2.03 bits per heavy atom. The van der Waals surface area contributed by atoms with E-state index in [0.717, 1.165) is 29.0 Å². The first kappa shape index (κ1) is 22.7. The van der Waals surface area contributed by atoms with Crippen LogP contribution in [0.4, 0.5) is 0 Å². The first-order chi connectivity index (χ1) is 13.6. The molecule has 7 heteroatoms. The van der Waals surface area contributed by atoms with Gasteiger partial charge < -0.3 is 24.4 Å². The fourth-order valence-electron chi connectivity index (χ4n) is 3.77. The number of hydrogen-bond donors (Lipinski definition) is 1. The van der Waals surface area contributed by atoms with E-state index in [1.165, 1.54) is 5.56 Å². The van der Waals surface area contributed by atoms with E-state index in [2.05, 4.69) is 25.3 Å². The molecule has 0 bridgehead atoms. The highest BCUT2D eigenvalue weighted by Gasteiger charge is 2.28. The quantitative estimate of drug-likeness (QED) is 0.751. The summed E-state index contributed by atoms with van der Waals surface area (Å²) in [7, 11) is 6.56. The zero-order valence-corrected chi connectivity index (χ0v) is 18.6. The number of halogens is 1. The van der Waals surface area contributed by atoms with Gasteiger partial charge in [-0.2, -0.15) is 5.10 Å². The van der Waals surface area contributed by atoms with Crippen molar-refractivity contribution in [2.45, 2.75) is 32.2 Å². The molecule has 1 N–H and O–H groups in total. The van der Waals surface area contributed by atoms with Crippen LogP contribution in [0.1, 0.15) is 42.9 Å². The van der Waals surface area contributed by atoms with Gasteiger partial charge in [0.25, 0.3) is 0 Å². The molecule has 2 aromatic rings. The minimum atomic E-state index is 0. The summed E-state index contributed by atoms with van der Waals surface area (Å²) < 4.78 is 22.0. The van der Waals surface area contributed by atoms with Gasteiger partial charge in [0.15, 0.2) is 23.0 Å². The van der Waals surface area contributed by atoms with E-state index in [4.69, 9.17) is 24.0 Å². The highest BCUT2D eigenvalue weighted by Crippen LogP contribution is 2.39. The molecule has 1 aliphatic rings. The molecule has 2 atom stereocenters. The van der Waals surface area contributed by atoms with Crippen LogP contribution in [0.3, 0.4) is 0 Å². The fraction of sp³-hybridized carbons (Fsp3) is 0.409. The molecule has 29 heavy (non-hydrogen) atoms. The number of nitrogens with one attached hydrogen (secondary N) is 1. The first-order valence-corrected chi connectivity index (χ1v) is 9.39. The Labute approximate surface area is 178 Å². The number of hydrazone groups is 1. The van der Waals surface area contributed by atoms with Gasteiger partial charge in [-0.25, -0.2) is 0 Å². The second-order valence-corrected chi connectivity index (χ2v) is 6.76. The Morgan fingerprint density at radius 1 is 0.862 bits per heavy atom. The van der Waals surface area contributed by atoms with Gasteiger partial charge in [0.2, 0.25) is 0 Å². The van der Waals surface area contributed by atoms with Gasteiger partial charge in [-0.15, -0.1) is 12.4 Å². The Bertz CT molecular complexity index is 885. The lowest BCUT2D eigenvalue weighted by Gasteiger charge is -2.23. The predicted octanol–water partition coefficient (Wildman–Crippen LogP) is 4.38. The van der Waals surface area contributed by atoms with Crippen molar-refractivity contribution in [2.75, 3.05) is 28.4 Å². The van der Waals surface area contributed by atoms with Crippen molar-refractivity contribution >= 4 is 18.1 Å². The van der Waals surface area contributed by atoms with E-state index in [1.54, 1.807) is 28.4 Å². The molecule has 0 fully saturated rings. The van der Waals surface area contributed by atoms with Crippen molar-refractivity contribution in [3.05, 3.63) is 47.0 Å². The van der Waals surface area contributed by atoms with Crippen molar-refractivity contribution in [2.24, 2.45) is 5.10 Å². The maximum Gasteiger partial charge on any atom is 0.161 e. The molecule has 2 unspecified atom stereocenters. The zero-order valence-electron chi connectivity index (χ0n) is 17.7. The number of fused-ring (bicyclic) bond motifs is 1. The third-order valence-electron chi connectivity index (χ3n) is 5.29. The van der Waals surface area contributed by atoms with E-state index < -0.39 is 0 Å². The van der Waals surface area contributed by atoms with Crippen molar-refractivity contribution in [1.29, 1.82) is 0 Å². The molecule has 1 heterocycles. The minimum Gasteiger partial charge on any atom is -0.493 e. The van der Waals surface area contributed by atoms with Crippen LogP contribution in [0.5, 0.6) is 23.0 Å². The third-order valence-corrected chi connectivity index (χ3v) is 5.29. The SMILES string of the molecule is CCC1c2cc(OC)c(OC)cc2C(c2ccc(OC)c(OC)c2)=NNC1C.Cl. The number of rotatable bonds is 6. The summed E-state index contributed by atoms with van der Waals surface area (Å²) in [5.74, 6) is 3.03. The number of ether oxygens (including phenoxy) is 4. The summed E-state index contributed by atoms with van der Waals surface area (Å²) in [6.07, 6.45) is 0.978. The molecule has 0 aliphatic carbocycles. The van der Waals surface area contributed by atoms with E-state index in [9.17, 15) is 0 Å². The third kappa shape index (κ3) is 4.22. The summed E-state index contributed by atoms with van der Waals surface area (Å²) in [5.41, 5.74) is 7.29. The van der Waals surface area contributed by atoms with Gasteiger partial charge in [-0.1, -0.05) is 6.92 Å². The Hall–Kier alpha value is -2.60. The highest BCUT2D eigenvalue weighted by molar-refractivity contribution is 6.14. The average Bonchev–Trinajstić information content (AvgIpc) is 2.87. The summed E-state index contributed by atoms with van der Waals surface area (Å²) >= 11 is 0. The number of nitrogens with zero attached hydrogens (tertiary/aromatic N) is 1. The van der Waals surface area contributed by atoms with Gasteiger partial charge in [0.1, 0.15) is 0 Å². The van der Waals surface area contributed by atoms with Crippen molar-refractivity contribution in [3.63, 3.8) is 0 Å². The maximum absolute atomic E-state index is 5.56. The lowest BCUT2D eigenvalue weighted by Crippen LogP contribution is -2.26. The Kier molecular flexibility index (Phi) is 7.62. The van der Waals surface area contributed by atoms with E-state index in [0.29, 0.717) is 17.2 Å². The average molecular weight is 421 g/mol. The van der Waals surface area contributed by atoms with E-state index in [1.807, 2.05) is 24.3 Å². The first-order valence-electron chi connectivity index (χ1n) is 9.39. The molecule has 0 saturated carbocycles. The van der Waals surface area contributed by atoms with Crippen LogP contribution in [0.25, 0.3) is 0 Å².